The molecule has 0 spiro atoms. The molecule has 0 aliphatic heterocycles. The first-order valence-electron chi connectivity index (χ1n) is 8.92. The number of nitrogens with zero attached hydrogens (tertiary/aromatic N) is 4. The number of aromatic nitrogens is 4. The zero-order valence-corrected chi connectivity index (χ0v) is 15.4. The van der Waals surface area contributed by atoms with Crippen molar-refractivity contribution in [1.82, 2.24) is 19.6 Å². The monoisotopic (exact) mass is 373 g/mol. The smallest absolute Gasteiger partial charge is 0.274 e. The fraction of sp³-hybridized carbons (Fsp3) is 0.143. The van der Waals surface area contributed by atoms with Gasteiger partial charge in [-0.3, -0.25) is 14.3 Å². The minimum Gasteiger partial charge on any atom is -0.325 e. The van der Waals surface area contributed by atoms with E-state index in [0.717, 1.165) is 11.3 Å². The summed E-state index contributed by atoms with van der Waals surface area (Å²) in [5, 5.41) is 12.7. The van der Waals surface area contributed by atoms with Crippen molar-refractivity contribution >= 4 is 22.4 Å². The zero-order chi connectivity index (χ0) is 19.5. The van der Waals surface area contributed by atoms with Crippen LogP contribution in [-0.2, 0) is 24.8 Å². The standard InChI is InChI=1S/C21H19N5O2/c1-25-21(28)17-9-4-3-8-16(17)19(24-25)13-20(27)23-18-10-5-2-7-15(18)14-26-12-6-11-22-26/h2-12H,13-14H2,1H3,(H,23,27). The van der Waals surface area contributed by atoms with Crippen molar-refractivity contribution in [2.75, 3.05) is 5.32 Å². The second kappa shape index (κ2) is 7.48. The molecule has 0 saturated carbocycles. The number of anilines is 1. The van der Waals surface area contributed by atoms with Crippen LogP contribution in [0.3, 0.4) is 0 Å². The summed E-state index contributed by atoms with van der Waals surface area (Å²) >= 11 is 0. The van der Waals surface area contributed by atoms with E-state index in [-0.39, 0.29) is 17.9 Å². The fourth-order valence-corrected chi connectivity index (χ4v) is 3.20. The first-order chi connectivity index (χ1) is 13.6. The number of aryl methyl sites for hydroxylation is 1. The highest BCUT2D eigenvalue weighted by Gasteiger charge is 2.13. The van der Waals surface area contributed by atoms with Gasteiger partial charge >= 0.3 is 0 Å². The third kappa shape index (κ3) is 3.55. The van der Waals surface area contributed by atoms with Gasteiger partial charge in [0.05, 0.1) is 24.0 Å². The molecule has 1 amide bonds. The van der Waals surface area contributed by atoms with E-state index in [1.54, 1.807) is 30.1 Å². The van der Waals surface area contributed by atoms with Crippen molar-refractivity contribution in [3.8, 4) is 0 Å². The molecule has 7 nitrogen and oxygen atoms in total. The molecule has 28 heavy (non-hydrogen) atoms. The first kappa shape index (κ1) is 17.7. The number of carbonyl (C=O) groups excluding carboxylic acids is 1. The van der Waals surface area contributed by atoms with Gasteiger partial charge in [0.15, 0.2) is 0 Å². The maximum Gasteiger partial charge on any atom is 0.274 e. The van der Waals surface area contributed by atoms with E-state index < -0.39 is 0 Å². The number of rotatable bonds is 5. The molecule has 7 heteroatoms. The Morgan fingerprint density at radius 1 is 1.04 bits per heavy atom. The summed E-state index contributed by atoms with van der Waals surface area (Å²) in [4.78, 5) is 25.0. The van der Waals surface area contributed by atoms with Gasteiger partial charge in [0.2, 0.25) is 5.91 Å². The Morgan fingerprint density at radius 2 is 1.79 bits per heavy atom. The van der Waals surface area contributed by atoms with Crippen LogP contribution in [0, 0.1) is 0 Å². The van der Waals surface area contributed by atoms with Crippen LogP contribution in [0.1, 0.15) is 11.3 Å². The molecule has 2 heterocycles. The highest BCUT2D eigenvalue weighted by Crippen LogP contribution is 2.18. The lowest BCUT2D eigenvalue weighted by Gasteiger charge is -2.12. The lowest BCUT2D eigenvalue weighted by molar-refractivity contribution is -0.115. The van der Waals surface area contributed by atoms with Crippen LogP contribution in [0.25, 0.3) is 10.8 Å². The normalized spacial score (nSPS) is 10.9. The summed E-state index contributed by atoms with van der Waals surface area (Å²) in [5.74, 6) is -0.191. The number of benzene rings is 2. The number of amides is 1. The van der Waals surface area contributed by atoms with Crippen molar-refractivity contribution in [2.45, 2.75) is 13.0 Å². The van der Waals surface area contributed by atoms with Crippen molar-refractivity contribution in [2.24, 2.45) is 7.05 Å². The second-order valence-electron chi connectivity index (χ2n) is 6.51. The first-order valence-corrected chi connectivity index (χ1v) is 8.92. The summed E-state index contributed by atoms with van der Waals surface area (Å²) in [6.45, 7) is 0.560. The summed E-state index contributed by atoms with van der Waals surface area (Å²) in [5.41, 5.74) is 2.08. The third-order valence-electron chi connectivity index (χ3n) is 4.54. The predicted molar refractivity (Wildman–Crippen MR) is 107 cm³/mol. The topological polar surface area (TPSA) is 81.8 Å². The number of para-hydroxylation sites is 1. The van der Waals surface area contributed by atoms with Gasteiger partial charge in [-0.15, -0.1) is 0 Å². The molecular formula is C21H19N5O2. The van der Waals surface area contributed by atoms with Gasteiger partial charge < -0.3 is 5.32 Å². The van der Waals surface area contributed by atoms with Crippen LogP contribution in [0.4, 0.5) is 5.69 Å². The van der Waals surface area contributed by atoms with E-state index >= 15 is 0 Å². The van der Waals surface area contributed by atoms with Crippen LogP contribution < -0.4 is 10.9 Å². The summed E-state index contributed by atoms with van der Waals surface area (Å²) in [6, 6.07) is 16.7. The number of nitrogens with one attached hydrogen (secondary N) is 1. The molecule has 0 aliphatic carbocycles. The van der Waals surface area contributed by atoms with Gasteiger partial charge in [-0.2, -0.15) is 10.2 Å². The summed E-state index contributed by atoms with van der Waals surface area (Å²) in [6.07, 6.45) is 3.67. The van der Waals surface area contributed by atoms with Gasteiger partial charge in [0.1, 0.15) is 0 Å². The van der Waals surface area contributed by atoms with E-state index in [1.165, 1.54) is 4.68 Å². The van der Waals surface area contributed by atoms with Crippen molar-refractivity contribution in [1.29, 1.82) is 0 Å². The van der Waals surface area contributed by atoms with E-state index in [0.29, 0.717) is 23.0 Å². The molecule has 4 rings (SSSR count). The molecule has 2 aromatic heterocycles. The van der Waals surface area contributed by atoms with Crippen LogP contribution >= 0.6 is 0 Å². The number of hydrogen-bond acceptors (Lipinski definition) is 4. The van der Waals surface area contributed by atoms with E-state index in [1.807, 2.05) is 48.7 Å². The van der Waals surface area contributed by atoms with Crippen LogP contribution in [0.2, 0.25) is 0 Å². The predicted octanol–water partition coefficient (Wildman–Crippen LogP) is 2.36. The lowest BCUT2D eigenvalue weighted by atomic mass is 10.1. The quantitative estimate of drug-likeness (QED) is 0.582. The van der Waals surface area contributed by atoms with Crippen LogP contribution in [0.15, 0.2) is 71.8 Å². The molecule has 0 fully saturated rings. The molecule has 0 aliphatic rings. The molecular weight excluding hydrogens is 354 g/mol. The molecule has 0 bridgehead atoms. The lowest BCUT2D eigenvalue weighted by Crippen LogP contribution is -2.24. The molecule has 2 aromatic carbocycles. The minimum absolute atomic E-state index is 0.0741. The Balaban J connectivity index is 1.59. The summed E-state index contributed by atoms with van der Waals surface area (Å²) in [7, 11) is 1.59. The molecule has 4 aromatic rings. The SMILES string of the molecule is Cn1nc(CC(=O)Nc2ccccc2Cn2cccn2)c2ccccc2c1=O. The Morgan fingerprint density at radius 3 is 2.57 bits per heavy atom. The molecule has 0 atom stereocenters. The Hall–Kier alpha value is -3.74. The van der Waals surface area contributed by atoms with Crippen LogP contribution in [-0.4, -0.2) is 25.5 Å². The molecule has 1 N–H and O–H groups in total. The number of carbonyl (C=O) groups is 1. The third-order valence-corrected chi connectivity index (χ3v) is 4.54. The van der Waals surface area contributed by atoms with Crippen molar-refractivity contribution in [3.63, 3.8) is 0 Å². The van der Waals surface area contributed by atoms with E-state index in [4.69, 9.17) is 0 Å². The van der Waals surface area contributed by atoms with Gasteiger partial charge in [-0.1, -0.05) is 36.4 Å². The van der Waals surface area contributed by atoms with Gasteiger partial charge in [0.25, 0.3) is 5.56 Å². The Bertz CT molecular complexity index is 1200. The number of fused-ring (bicyclic) bond motifs is 1. The average Bonchev–Trinajstić information content (AvgIpc) is 3.20. The van der Waals surface area contributed by atoms with E-state index in [2.05, 4.69) is 15.5 Å². The molecule has 0 radical (unpaired) electrons. The van der Waals surface area contributed by atoms with E-state index in [9.17, 15) is 9.59 Å². The average molecular weight is 373 g/mol. The number of hydrogen-bond donors (Lipinski definition) is 1. The van der Waals surface area contributed by atoms with Crippen molar-refractivity contribution in [3.05, 3.63) is 88.6 Å². The zero-order valence-electron chi connectivity index (χ0n) is 15.4. The second-order valence-corrected chi connectivity index (χ2v) is 6.51. The maximum atomic E-state index is 12.7. The molecule has 0 unspecified atom stereocenters. The largest absolute Gasteiger partial charge is 0.325 e. The Kier molecular flexibility index (Phi) is 4.72. The highest BCUT2D eigenvalue weighted by atomic mass is 16.1. The fourth-order valence-electron chi connectivity index (χ4n) is 3.20. The highest BCUT2D eigenvalue weighted by molar-refractivity contribution is 5.95. The van der Waals surface area contributed by atoms with Gasteiger partial charge in [-0.05, 0) is 23.8 Å². The maximum absolute atomic E-state index is 12.7. The Labute approximate surface area is 161 Å². The van der Waals surface area contributed by atoms with Crippen molar-refractivity contribution < 1.29 is 4.79 Å². The molecule has 140 valence electrons. The van der Waals surface area contributed by atoms with Gasteiger partial charge in [0, 0.05) is 30.5 Å². The van der Waals surface area contributed by atoms with Gasteiger partial charge in [-0.25, -0.2) is 4.68 Å². The van der Waals surface area contributed by atoms with Crippen LogP contribution in [0.5, 0.6) is 0 Å². The summed E-state index contributed by atoms with van der Waals surface area (Å²) < 4.78 is 3.07. The molecule has 0 saturated heterocycles. The minimum atomic E-state index is -0.191.